The van der Waals surface area contributed by atoms with Crippen LogP contribution in [0, 0.1) is 10.1 Å². The van der Waals surface area contributed by atoms with Gasteiger partial charge in [-0.25, -0.2) is 4.79 Å². The highest BCUT2D eigenvalue weighted by Gasteiger charge is 2.33. The summed E-state index contributed by atoms with van der Waals surface area (Å²) in [6.07, 6.45) is -4.12. The van der Waals surface area contributed by atoms with Crippen molar-refractivity contribution >= 4 is 11.7 Å². The molecule has 1 aliphatic heterocycles. The van der Waals surface area contributed by atoms with E-state index in [1.54, 1.807) is 0 Å². The Morgan fingerprint density at radius 2 is 2.00 bits per heavy atom. The van der Waals surface area contributed by atoms with Crippen LogP contribution in [0.25, 0.3) is 0 Å². The van der Waals surface area contributed by atoms with Crippen molar-refractivity contribution in [2.45, 2.75) is 25.1 Å². The van der Waals surface area contributed by atoms with Crippen molar-refractivity contribution in [3.63, 3.8) is 0 Å². The van der Waals surface area contributed by atoms with E-state index in [1.165, 1.54) is 23.1 Å². The third-order valence-corrected chi connectivity index (χ3v) is 3.50. The number of nitrogens with zero attached hydrogens (tertiary/aromatic N) is 2. The first-order chi connectivity index (χ1) is 10.7. The second kappa shape index (κ2) is 6.95. The Bertz CT molecular complexity index is 584. The van der Waals surface area contributed by atoms with Crippen molar-refractivity contribution < 1.29 is 27.6 Å². The highest BCUT2D eigenvalue weighted by molar-refractivity contribution is 5.90. The van der Waals surface area contributed by atoms with E-state index in [1.807, 2.05) is 0 Å². The normalized spacial score (nSPS) is 17.0. The van der Waals surface area contributed by atoms with Gasteiger partial charge in [-0.1, -0.05) is 6.07 Å². The van der Waals surface area contributed by atoms with Gasteiger partial charge in [0.2, 0.25) is 0 Å². The summed E-state index contributed by atoms with van der Waals surface area (Å²) in [5, 5.41) is 10.7. The molecule has 1 fully saturated rings. The number of carbonyl (C=O) groups excluding carboxylic acids is 1. The van der Waals surface area contributed by atoms with Crippen LogP contribution in [-0.2, 0) is 4.74 Å². The molecule has 2 rings (SSSR count). The quantitative estimate of drug-likeness (QED) is 0.482. The largest absolute Gasteiger partial charge is 0.459 e. The summed E-state index contributed by atoms with van der Waals surface area (Å²) in [5.41, 5.74) is -0.170. The van der Waals surface area contributed by atoms with Crippen LogP contribution in [0.2, 0.25) is 0 Å². The maximum Gasteiger partial charge on any atom is 0.401 e. The third-order valence-electron chi connectivity index (χ3n) is 3.50. The third kappa shape index (κ3) is 5.20. The Labute approximate surface area is 130 Å². The second-order valence-corrected chi connectivity index (χ2v) is 5.30. The summed E-state index contributed by atoms with van der Waals surface area (Å²) in [5.74, 6) is -0.706. The Balaban J connectivity index is 1.88. The molecule has 126 valence electrons. The highest BCUT2D eigenvalue weighted by atomic mass is 19.4. The van der Waals surface area contributed by atoms with Gasteiger partial charge in [0.15, 0.2) is 0 Å². The number of likely N-dealkylation sites (tertiary alicyclic amines) is 1. The van der Waals surface area contributed by atoms with Gasteiger partial charge >= 0.3 is 12.1 Å². The molecule has 0 aromatic heterocycles. The number of non-ortho nitro benzene ring substituents is 1. The van der Waals surface area contributed by atoms with Crippen molar-refractivity contribution in [3.8, 4) is 0 Å². The standard InChI is InChI=1S/C14H15F3N2O4/c15-14(16,17)9-18-6-4-12(5-7-18)23-13(20)10-2-1-3-11(8-10)19(21)22/h1-3,8,12H,4-7,9H2. The van der Waals surface area contributed by atoms with Crippen LogP contribution in [-0.4, -0.2) is 47.7 Å². The van der Waals surface area contributed by atoms with Gasteiger partial charge in [-0.3, -0.25) is 15.0 Å². The summed E-state index contributed by atoms with van der Waals surface area (Å²) < 4.78 is 42.1. The molecule has 1 aromatic rings. The molecule has 0 aliphatic carbocycles. The first-order valence-electron chi connectivity index (χ1n) is 6.99. The minimum absolute atomic E-state index is 0.0527. The number of halogens is 3. The molecule has 1 heterocycles. The molecule has 23 heavy (non-hydrogen) atoms. The molecule has 0 spiro atoms. The fourth-order valence-electron chi connectivity index (χ4n) is 2.40. The van der Waals surface area contributed by atoms with Crippen LogP contribution in [0.4, 0.5) is 18.9 Å². The van der Waals surface area contributed by atoms with Gasteiger partial charge in [-0.2, -0.15) is 13.2 Å². The van der Waals surface area contributed by atoms with Crippen molar-refractivity contribution in [3.05, 3.63) is 39.9 Å². The predicted octanol–water partition coefficient (Wildman–Crippen LogP) is 2.78. The summed E-state index contributed by atoms with van der Waals surface area (Å²) >= 11 is 0. The number of alkyl halides is 3. The Kier molecular flexibility index (Phi) is 5.19. The molecule has 0 bridgehead atoms. The highest BCUT2D eigenvalue weighted by Crippen LogP contribution is 2.22. The number of hydrogen-bond acceptors (Lipinski definition) is 5. The molecule has 0 amide bonds. The van der Waals surface area contributed by atoms with E-state index in [-0.39, 0.29) is 24.3 Å². The number of esters is 1. The lowest BCUT2D eigenvalue weighted by Gasteiger charge is -2.31. The molecule has 9 heteroatoms. The Hall–Kier alpha value is -2.16. The lowest BCUT2D eigenvalue weighted by Crippen LogP contribution is -2.42. The molecule has 0 atom stereocenters. The average Bonchev–Trinajstić information content (AvgIpc) is 2.48. The molecular weight excluding hydrogens is 317 g/mol. The monoisotopic (exact) mass is 332 g/mol. The molecule has 0 unspecified atom stereocenters. The minimum Gasteiger partial charge on any atom is -0.459 e. The number of ether oxygens (including phenoxy) is 1. The van der Waals surface area contributed by atoms with E-state index < -0.39 is 29.7 Å². The van der Waals surface area contributed by atoms with Gasteiger partial charge in [0, 0.05) is 25.2 Å². The van der Waals surface area contributed by atoms with E-state index in [0.29, 0.717) is 12.8 Å². The van der Waals surface area contributed by atoms with Crippen LogP contribution in [0.1, 0.15) is 23.2 Å². The second-order valence-electron chi connectivity index (χ2n) is 5.30. The fraction of sp³-hybridized carbons (Fsp3) is 0.500. The summed E-state index contributed by atoms with van der Waals surface area (Å²) in [6.45, 7) is -0.600. The van der Waals surface area contributed by atoms with E-state index in [0.717, 1.165) is 6.07 Å². The first kappa shape index (κ1) is 17.2. The number of benzene rings is 1. The number of rotatable bonds is 4. The zero-order valence-electron chi connectivity index (χ0n) is 12.1. The van der Waals surface area contributed by atoms with E-state index in [4.69, 9.17) is 4.74 Å². The molecule has 0 radical (unpaired) electrons. The lowest BCUT2D eigenvalue weighted by atomic mass is 10.1. The topological polar surface area (TPSA) is 72.7 Å². The molecule has 0 N–H and O–H groups in total. The van der Waals surface area contributed by atoms with Crippen LogP contribution < -0.4 is 0 Å². The zero-order chi connectivity index (χ0) is 17.0. The van der Waals surface area contributed by atoms with Crippen LogP contribution in [0.15, 0.2) is 24.3 Å². The van der Waals surface area contributed by atoms with Crippen LogP contribution in [0.3, 0.4) is 0 Å². The maximum atomic E-state index is 12.3. The lowest BCUT2D eigenvalue weighted by molar-refractivity contribution is -0.384. The smallest absolute Gasteiger partial charge is 0.401 e. The van der Waals surface area contributed by atoms with Gasteiger partial charge in [-0.15, -0.1) is 0 Å². The number of nitro groups is 1. The van der Waals surface area contributed by atoms with Crippen molar-refractivity contribution in [2.24, 2.45) is 0 Å². The van der Waals surface area contributed by atoms with E-state index in [9.17, 15) is 28.1 Å². The van der Waals surface area contributed by atoms with Gasteiger partial charge in [0.05, 0.1) is 17.0 Å². The molecular formula is C14H15F3N2O4. The van der Waals surface area contributed by atoms with Gasteiger partial charge in [0.25, 0.3) is 5.69 Å². The summed E-state index contributed by atoms with van der Waals surface area (Å²) in [6, 6.07) is 5.14. The van der Waals surface area contributed by atoms with E-state index >= 15 is 0 Å². The number of carbonyl (C=O) groups is 1. The number of hydrogen-bond donors (Lipinski definition) is 0. The molecule has 1 saturated heterocycles. The predicted molar refractivity (Wildman–Crippen MR) is 74.0 cm³/mol. The van der Waals surface area contributed by atoms with Crippen molar-refractivity contribution in [2.75, 3.05) is 19.6 Å². The number of nitro benzene ring substituents is 1. The zero-order valence-corrected chi connectivity index (χ0v) is 12.1. The van der Waals surface area contributed by atoms with Gasteiger partial charge in [-0.05, 0) is 18.9 Å². The van der Waals surface area contributed by atoms with Crippen LogP contribution in [0.5, 0.6) is 0 Å². The van der Waals surface area contributed by atoms with Gasteiger partial charge in [0.1, 0.15) is 6.10 Å². The van der Waals surface area contributed by atoms with Crippen LogP contribution >= 0.6 is 0 Å². The Morgan fingerprint density at radius 1 is 1.35 bits per heavy atom. The molecule has 6 nitrogen and oxygen atoms in total. The minimum atomic E-state index is -4.24. The summed E-state index contributed by atoms with van der Waals surface area (Å²) in [7, 11) is 0. The summed E-state index contributed by atoms with van der Waals surface area (Å²) in [4.78, 5) is 23.3. The molecule has 1 aromatic carbocycles. The van der Waals surface area contributed by atoms with Crippen molar-refractivity contribution in [1.29, 1.82) is 0 Å². The van der Waals surface area contributed by atoms with Gasteiger partial charge < -0.3 is 4.74 Å². The number of piperidine rings is 1. The fourth-order valence-corrected chi connectivity index (χ4v) is 2.40. The SMILES string of the molecule is O=C(OC1CCN(CC(F)(F)F)CC1)c1cccc([N+](=O)[O-])c1. The van der Waals surface area contributed by atoms with Crippen molar-refractivity contribution in [1.82, 2.24) is 4.90 Å². The molecule has 1 aliphatic rings. The first-order valence-corrected chi connectivity index (χ1v) is 6.99. The average molecular weight is 332 g/mol. The van der Waals surface area contributed by atoms with E-state index in [2.05, 4.69) is 0 Å². The Morgan fingerprint density at radius 3 is 2.57 bits per heavy atom. The molecule has 0 saturated carbocycles. The maximum absolute atomic E-state index is 12.3.